The number of nitrogens with zero attached hydrogens (tertiary/aromatic N) is 1. The Hall–Kier alpha value is -2.78. The van der Waals surface area contributed by atoms with Gasteiger partial charge in [-0.2, -0.15) is 4.31 Å². The molecule has 0 unspecified atom stereocenters. The Kier molecular flexibility index (Phi) is 7.86. The van der Waals surface area contributed by atoms with Crippen molar-refractivity contribution in [3.8, 4) is 17.2 Å². The Morgan fingerprint density at radius 3 is 2.12 bits per heavy atom. The molecule has 1 amide bonds. The molecule has 0 aliphatic carbocycles. The molecule has 0 radical (unpaired) electrons. The Bertz CT molecular complexity index is 1110. The topological polar surface area (TPSA) is 94.2 Å². The SMILES string of the molecule is COc1cc(OC)c(OC)cc1CNC(=O)C1CCN(S(=O)(=O)c2ccc(C)c(C)c2)CC1. The largest absolute Gasteiger partial charge is 0.496 e. The predicted molar refractivity (Wildman–Crippen MR) is 125 cm³/mol. The quantitative estimate of drug-likeness (QED) is 0.629. The molecule has 0 bridgehead atoms. The van der Waals surface area contributed by atoms with Crippen molar-refractivity contribution in [1.82, 2.24) is 9.62 Å². The number of methoxy groups -OCH3 is 3. The average Bonchev–Trinajstić information content (AvgIpc) is 2.83. The number of hydrogen-bond donors (Lipinski definition) is 1. The number of ether oxygens (including phenoxy) is 3. The second kappa shape index (κ2) is 10.4. The smallest absolute Gasteiger partial charge is 0.243 e. The number of carbonyl (C=O) groups excluding carboxylic acids is 1. The van der Waals surface area contributed by atoms with Gasteiger partial charge in [0.05, 0.1) is 26.2 Å². The molecular formula is C24H32N2O6S. The summed E-state index contributed by atoms with van der Waals surface area (Å²) >= 11 is 0. The Morgan fingerprint density at radius 2 is 1.55 bits per heavy atom. The van der Waals surface area contributed by atoms with Crippen molar-refractivity contribution < 1.29 is 27.4 Å². The fraction of sp³-hybridized carbons (Fsp3) is 0.458. The summed E-state index contributed by atoms with van der Waals surface area (Å²) < 4.78 is 43.5. The second-order valence-electron chi connectivity index (χ2n) is 8.16. The summed E-state index contributed by atoms with van der Waals surface area (Å²) in [7, 11) is 1.08. The number of hydrogen-bond acceptors (Lipinski definition) is 6. The number of amides is 1. The van der Waals surface area contributed by atoms with Gasteiger partial charge in [-0.1, -0.05) is 6.07 Å². The van der Waals surface area contributed by atoms with E-state index in [-0.39, 0.29) is 18.4 Å². The zero-order chi connectivity index (χ0) is 24.2. The summed E-state index contributed by atoms with van der Waals surface area (Å²) in [6.07, 6.45) is 0.942. The molecule has 1 aliphatic heterocycles. The molecule has 180 valence electrons. The molecule has 1 heterocycles. The van der Waals surface area contributed by atoms with Crippen molar-refractivity contribution in [2.75, 3.05) is 34.4 Å². The molecule has 0 spiro atoms. The van der Waals surface area contributed by atoms with Gasteiger partial charge in [-0.3, -0.25) is 4.79 Å². The molecule has 3 rings (SSSR count). The van der Waals surface area contributed by atoms with Crippen molar-refractivity contribution >= 4 is 15.9 Å². The molecule has 9 heteroatoms. The third kappa shape index (κ3) is 5.42. The van der Waals surface area contributed by atoms with Gasteiger partial charge in [-0.05, 0) is 56.0 Å². The minimum atomic E-state index is -3.57. The number of sulfonamides is 1. The standard InChI is InChI=1S/C24H32N2O6S/c1-16-6-7-20(12-17(16)2)33(28,29)26-10-8-18(9-11-26)24(27)25-15-19-13-22(31-4)23(32-5)14-21(19)30-3/h6-7,12-14,18H,8-11,15H2,1-5H3,(H,25,27). The van der Waals surface area contributed by atoms with E-state index < -0.39 is 10.0 Å². The first-order valence-electron chi connectivity index (χ1n) is 10.8. The van der Waals surface area contributed by atoms with Gasteiger partial charge < -0.3 is 19.5 Å². The zero-order valence-corrected chi connectivity index (χ0v) is 20.6. The fourth-order valence-electron chi connectivity index (χ4n) is 3.94. The molecule has 2 aromatic rings. The van der Waals surface area contributed by atoms with Crippen molar-refractivity contribution in [2.45, 2.75) is 38.1 Å². The highest BCUT2D eigenvalue weighted by Crippen LogP contribution is 2.34. The van der Waals surface area contributed by atoms with E-state index in [1.54, 1.807) is 45.6 Å². The lowest BCUT2D eigenvalue weighted by molar-refractivity contribution is -0.126. The van der Waals surface area contributed by atoms with Gasteiger partial charge in [0.1, 0.15) is 5.75 Å². The minimum Gasteiger partial charge on any atom is -0.496 e. The zero-order valence-electron chi connectivity index (χ0n) is 19.8. The summed E-state index contributed by atoms with van der Waals surface area (Å²) in [5.41, 5.74) is 2.75. The summed E-state index contributed by atoms with van der Waals surface area (Å²) in [6.45, 7) is 4.75. The highest BCUT2D eigenvalue weighted by molar-refractivity contribution is 7.89. The minimum absolute atomic E-state index is 0.102. The van der Waals surface area contributed by atoms with E-state index >= 15 is 0 Å². The lowest BCUT2D eigenvalue weighted by atomic mass is 9.97. The van der Waals surface area contributed by atoms with Crippen molar-refractivity contribution in [1.29, 1.82) is 0 Å². The molecule has 0 aromatic heterocycles. The van der Waals surface area contributed by atoms with Crippen molar-refractivity contribution in [3.05, 3.63) is 47.0 Å². The fourth-order valence-corrected chi connectivity index (χ4v) is 5.49. The van der Waals surface area contributed by atoms with Gasteiger partial charge in [-0.15, -0.1) is 0 Å². The van der Waals surface area contributed by atoms with E-state index in [9.17, 15) is 13.2 Å². The highest BCUT2D eigenvalue weighted by atomic mass is 32.2. The van der Waals surface area contributed by atoms with Crippen LogP contribution < -0.4 is 19.5 Å². The van der Waals surface area contributed by atoms with E-state index in [4.69, 9.17) is 14.2 Å². The van der Waals surface area contributed by atoms with Crippen LogP contribution in [0.1, 0.15) is 29.5 Å². The Morgan fingerprint density at radius 1 is 0.939 bits per heavy atom. The molecular weight excluding hydrogens is 444 g/mol. The summed E-state index contributed by atoms with van der Waals surface area (Å²) in [4.78, 5) is 13.1. The second-order valence-corrected chi connectivity index (χ2v) is 10.1. The van der Waals surface area contributed by atoms with E-state index in [0.717, 1.165) is 16.7 Å². The maximum atomic E-state index is 13.0. The molecule has 1 N–H and O–H groups in total. The average molecular weight is 477 g/mol. The number of nitrogens with one attached hydrogen (secondary N) is 1. The van der Waals surface area contributed by atoms with Crippen LogP contribution in [0, 0.1) is 19.8 Å². The van der Waals surface area contributed by atoms with Gasteiger partial charge >= 0.3 is 0 Å². The van der Waals surface area contributed by atoms with E-state index in [1.807, 2.05) is 19.9 Å². The number of carbonyl (C=O) groups is 1. The van der Waals surface area contributed by atoms with Crippen LogP contribution in [-0.2, 0) is 21.4 Å². The van der Waals surface area contributed by atoms with E-state index in [0.29, 0.717) is 48.1 Å². The number of aryl methyl sites for hydroxylation is 2. The third-order valence-corrected chi connectivity index (χ3v) is 8.08. The van der Waals surface area contributed by atoms with Gasteiger partial charge in [0.25, 0.3) is 0 Å². The number of piperidine rings is 1. The molecule has 8 nitrogen and oxygen atoms in total. The van der Waals surface area contributed by atoms with Crippen molar-refractivity contribution in [3.63, 3.8) is 0 Å². The van der Waals surface area contributed by atoms with Crippen LogP contribution in [0.4, 0.5) is 0 Å². The number of rotatable bonds is 8. The van der Waals surface area contributed by atoms with Gasteiger partial charge in [-0.25, -0.2) is 8.42 Å². The van der Waals surface area contributed by atoms with E-state index in [2.05, 4.69) is 5.32 Å². The normalized spacial score (nSPS) is 15.2. The lowest BCUT2D eigenvalue weighted by Crippen LogP contribution is -2.42. The van der Waals surface area contributed by atoms with Crippen LogP contribution in [0.3, 0.4) is 0 Å². The molecule has 1 saturated heterocycles. The highest BCUT2D eigenvalue weighted by Gasteiger charge is 2.32. The summed E-state index contributed by atoms with van der Waals surface area (Å²) in [6, 6.07) is 8.67. The van der Waals surface area contributed by atoms with Gasteiger partial charge in [0.15, 0.2) is 11.5 Å². The molecule has 2 aromatic carbocycles. The Balaban J connectivity index is 1.61. The molecule has 1 aliphatic rings. The van der Waals surface area contributed by atoms with Crippen LogP contribution in [0.5, 0.6) is 17.2 Å². The summed E-state index contributed by atoms with van der Waals surface area (Å²) in [5.74, 6) is 1.33. The third-order valence-electron chi connectivity index (χ3n) is 6.18. The summed E-state index contributed by atoms with van der Waals surface area (Å²) in [5, 5.41) is 2.95. The van der Waals surface area contributed by atoms with Crippen LogP contribution >= 0.6 is 0 Å². The first kappa shape index (κ1) is 24.9. The molecule has 0 atom stereocenters. The molecule has 0 saturated carbocycles. The molecule has 33 heavy (non-hydrogen) atoms. The van der Waals surface area contributed by atoms with Gasteiger partial charge in [0, 0.05) is 37.2 Å². The molecule has 1 fully saturated rings. The first-order valence-corrected chi connectivity index (χ1v) is 12.3. The van der Waals surface area contributed by atoms with Crippen LogP contribution in [0.25, 0.3) is 0 Å². The predicted octanol–water partition coefficient (Wildman–Crippen LogP) is 3.05. The van der Waals surface area contributed by atoms with Crippen LogP contribution in [0.15, 0.2) is 35.2 Å². The number of benzene rings is 2. The first-order chi connectivity index (χ1) is 15.7. The monoisotopic (exact) mass is 476 g/mol. The van der Waals surface area contributed by atoms with E-state index in [1.165, 1.54) is 4.31 Å². The van der Waals surface area contributed by atoms with Gasteiger partial charge in [0.2, 0.25) is 15.9 Å². The maximum Gasteiger partial charge on any atom is 0.243 e. The Labute approximate surface area is 195 Å². The van der Waals surface area contributed by atoms with Crippen LogP contribution in [0.2, 0.25) is 0 Å². The van der Waals surface area contributed by atoms with Crippen LogP contribution in [-0.4, -0.2) is 53.0 Å². The lowest BCUT2D eigenvalue weighted by Gasteiger charge is -2.30. The van der Waals surface area contributed by atoms with Crippen molar-refractivity contribution in [2.24, 2.45) is 5.92 Å². The maximum absolute atomic E-state index is 13.0.